The molecular weight excluding hydrogens is 348 g/mol. The van der Waals surface area contributed by atoms with Crippen molar-refractivity contribution in [3.63, 3.8) is 0 Å². The molecule has 1 amide bonds. The van der Waals surface area contributed by atoms with E-state index in [1.54, 1.807) is 6.07 Å². The number of anilines is 1. The molecule has 0 aliphatic carbocycles. The van der Waals surface area contributed by atoms with Gasteiger partial charge < -0.3 is 5.32 Å². The molecule has 0 aliphatic rings. The Balaban J connectivity index is 1.89. The Labute approximate surface area is 156 Å². The maximum absolute atomic E-state index is 12.1. The van der Waals surface area contributed by atoms with Crippen molar-refractivity contribution in [1.29, 1.82) is 0 Å². The van der Waals surface area contributed by atoms with Crippen LogP contribution in [-0.4, -0.2) is 27.1 Å². The molecule has 0 saturated carbocycles. The summed E-state index contributed by atoms with van der Waals surface area (Å²) >= 11 is 0. The second-order valence-corrected chi connectivity index (χ2v) is 8.40. The number of rotatable bonds is 8. The fourth-order valence-corrected chi connectivity index (χ4v) is 3.83. The van der Waals surface area contributed by atoms with Gasteiger partial charge in [-0.15, -0.1) is 0 Å². The van der Waals surface area contributed by atoms with Gasteiger partial charge >= 0.3 is 0 Å². The molecule has 0 aliphatic heterocycles. The number of nitrogens with zero attached hydrogens (tertiary/aromatic N) is 1. The van der Waals surface area contributed by atoms with Gasteiger partial charge in [-0.3, -0.25) is 9.10 Å². The van der Waals surface area contributed by atoms with Crippen LogP contribution in [0.25, 0.3) is 0 Å². The van der Waals surface area contributed by atoms with Gasteiger partial charge in [0.05, 0.1) is 11.9 Å². The first-order valence-electron chi connectivity index (χ1n) is 8.63. The molecule has 2 aromatic rings. The van der Waals surface area contributed by atoms with Crippen molar-refractivity contribution < 1.29 is 13.2 Å². The van der Waals surface area contributed by atoms with Crippen molar-refractivity contribution in [2.45, 2.75) is 33.2 Å². The summed E-state index contributed by atoms with van der Waals surface area (Å²) < 4.78 is 25.6. The fourth-order valence-electron chi connectivity index (χ4n) is 2.80. The lowest BCUT2D eigenvalue weighted by Gasteiger charge is -2.24. The Bertz CT molecular complexity index is 863. The van der Waals surface area contributed by atoms with Crippen LogP contribution in [0.4, 0.5) is 5.69 Å². The third kappa shape index (κ3) is 5.88. The molecule has 0 saturated heterocycles. The molecule has 0 aromatic heterocycles. The average molecular weight is 375 g/mol. The first kappa shape index (κ1) is 20.0. The summed E-state index contributed by atoms with van der Waals surface area (Å²) in [6, 6.07) is 15.3. The van der Waals surface area contributed by atoms with E-state index in [2.05, 4.69) is 5.32 Å². The van der Waals surface area contributed by atoms with E-state index in [0.717, 1.165) is 16.7 Å². The van der Waals surface area contributed by atoms with Gasteiger partial charge in [0, 0.05) is 19.5 Å². The Morgan fingerprint density at radius 3 is 2.46 bits per heavy atom. The highest BCUT2D eigenvalue weighted by Crippen LogP contribution is 2.22. The van der Waals surface area contributed by atoms with Crippen molar-refractivity contribution in [2.75, 3.05) is 17.1 Å². The highest BCUT2D eigenvalue weighted by Gasteiger charge is 2.18. The zero-order valence-corrected chi connectivity index (χ0v) is 16.3. The number of nitrogens with one attached hydrogen (secondary N) is 1. The van der Waals surface area contributed by atoms with Crippen LogP contribution >= 0.6 is 0 Å². The molecule has 1 N–H and O–H groups in total. The van der Waals surface area contributed by atoms with Crippen LogP contribution < -0.4 is 9.62 Å². The van der Waals surface area contributed by atoms with E-state index in [4.69, 9.17) is 0 Å². The van der Waals surface area contributed by atoms with Gasteiger partial charge in [-0.2, -0.15) is 0 Å². The third-order valence-corrected chi connectivity index (χ3v) is 5.30. The molecule has 0 bridgehead atoms. The minimum atomic E-state index is -3.40. The summed E-state index contributed by atoms with van der Waals surface area (Å²) in [7, 11) is -3.40. The highest BCUT2D eigenvalue weighted by molar-refractivity contribution is 7.92. The van der Waals surface area contributed by atoms with Crippen LogP contribution in [0.2, 0.25) is 0 Å². The smallest absolute Gasteiger partial charge is 0.232 e. The Morgan fingerprint density at radius 2 is 1.81 bits per heavy atom. The zero-order chi connectivity index (χ0) is 19.2. The summed E-state index contributed by atoms with van der Waals surface area (Å²) in [5.41, 5.74) is 3.76. The lowest BCUT2D eigenvalue weighted by molar-refractivity contribution is -0.121. The minimum Gasteiger partial charge on any atom is -0.352 e. The summed E-state index contributed by atoms with van der Waals surface area (Å²) in [5.74, 6) is -0.0789. The number of sulfonamides is 1. The predicted molar refractivity (Wildman–Crippen MR) is 106 cm³/mol. The number of hydrogen-bond acceptors (Lipinski definition) is 3. The SMILES string of the molecule is Cc1cccc(CNC(=O)CCCN(c2ccccc2C)S(C)(=O)=O)c1. The second-order valence-electron chi connectivity index (χ2n) is 6.49. The van der Waals surface area contributed by atoms with Crippen LogP contribution in [0.1, 0.15) is 29.5 Å². The first-order chi connectivity index (χ1) is 12.3. The molecule has 2 rings (SSSR count). The molecule has 0 heterocycles. The molecule has 26 heavy (non-hydrogen) atoms. The maximum atomic E-state index is 12.1. The lowest BCUT2D eigenvalue weighted by atomic mass is 10.1. The van der Waals surface area contributed by atoms with E-state index >= 15 is 0 Å². The number of hydrogen-bond donors (Lipinski definition) is 1. The van der Waals surface area contributed by atoms with Crippen molar-refractivity contribution in [3.8, 4) is 0 Å². The number of benzene rings is 2. The molecular formula is C20H26N2O3S. The molecule has 5 nitrogen and oxygen atoms in total. The van der Waals surface area contributed by atoms with E-state index in [0.29, 0.717) is 18.7 Å². The van der Waals surface area contributed by atoms with Crippen LogP contribution in [-0.2, 0) is 21.4 Å². The molecule has 0 spiro atoms. The molecule has 2 aromatic carbocycles. The van der Waals surface area contributed by atoms with Crippen LogP contribution in [0.5, 0.6) is 0 Å². The van der Waals surface area contributed by atoms with E-state index in [9.17, 15) is 13.2 Å². The average Bonchev–Trinajstić information content (AvgIpc) is 2.57. The Hall–Kier alpha value is -2.34. The molecule has 140 valence electrons. The van der Waals surface area contributed by atoms with E-state index in [1.165, 1.54) is 10.6 Å². The van der Waals surface area contributed by atoms with Gasteiger partial charge in [0.15, 0.2) is 0 Å². The van der Waals surface area contributed by atoms with Crippen molar-refractivity contribution in [2.24, 2.45) is 0 Å². The molecule has 0 fully saturated rings. The number of aryl methyl sites for hydroxylation is 2. The third-order valence-electron chi connectivity index (χ3n) is 4.12. The molecule has 6 heteroatoms. The topological polar surface area (TPSA) is 66.5 Å². The first-order valence-corrected chi connectivity index (χ1v) is 10.5. The van der Waals surface area contributed by atoms with Crippen LogP contribution in [0.15, 0.2) is 48.5 Å². The normalized spacial score (nSPS) is 11.2. The van der Waals surface area contributed by atoms with Gasteiger partial charge in [0.1, 0.15) is 0 Å². The summed E-state index contributed by atoms with van der Waals surface area (Å²) in [5, 5.41) is 2.88. The van der Waals surface area contributed by atoms with Crippen molar-refractivity contribution >= 4 is 21.6 Å². The van der Waals surface area contributed by atoms with E-state index < -0.39 is 10.0 Å². The quantitative estimate of drug-likeness (QED) is 0.772. The van der Waals surface area contributed by atoms with Crippen LogP contribution in [0.3, 0.4) is 0 Å². The van der Waals surface area contributed by atoms with Crippen molar-refractivity contribution in [3.05, 3.63) is 65.2 Å². The van der Waals surface area contributed by atoms with Gasteiger partial charge in [-0.05, 0) is 37.5 Å². The standard InChI is InChI=1S/C20H26N2O3S/c1-16-8-6-10-18(14-16)15-21-20(23)12-7-13-22(26(3,24)25)19-11-5-4-9-17(19)2/h4-6,8-11,14H,7,12-13,15H2,1-3H3,(H,21,23). The Morgan fingerprint density at radius 1 is 1.08 bits per heavy atom. The predicted octanol–water partition coefficient (Wildman–Crippen LogP) is 3.17. The number of carbonyl (C=O) groups excluding carboxylic acids is 1. The number of para-hydroxylation sites is 1. The summed E-state index contributed by atoms with van der Waals surface area (Å²) in [6.45, 7) is 4.65. The van der Waals surface area contributed by atoms with E-state index in [-0.39, 0.29) is 18.9 Å². The fraction of sp³-hybridized carbons (Fsp3) is 0.350. The second kappa shape index (κ2) is 8.85. The largest absolute Gasteiger partial charge is 0.352 e. The molecule has 0 atom stereocenters. The number of amides is 1. The number of carbonyl (C=O) groups is 1. The zero-order valence-electron chi connectivity index (χ0n) is 15.5. The maximum Gasteiger partial charge on any atom is 0.232 e. The van der Waals surface area contributed by atoms with Gasteiger partial charge in [0.25, 0.3) is 0 Å². The van der Waals surface area contributed by atoms with E-state index in [1.807, 2.05) is 56.3 Å². The van der Waals surface area contributed by atoms with Gasteiger partial charge in [-0.1, -0.05) is 48.0 Å². The molecule has 0 unspecified atom stereocenters. The highest BCUT2D eigenvalue weighted by atomic mass is 32.2. The monoisotopic (exact) mass is 374 g/mol. The van der Waals surface area contributed by atoms with Crippen molar-refractivity contribution in [1.82, 2.24) is 5.32 Å². The minimum absolute atomic E-state index is 0.0789. The van der Waals surface area contributed by atoms with Gasteiger partial charge in [-0.25, -0.2) is 8.42 Å². The van der Waals surface area contributed by atoms with Crippen LogP contribution in [0, 0.1) is 13.8 Å². The summed E-state index contributed by atoms with van der Waals surface area (Å²) in [4.78, 5) is 12.1. The summed E-state index contributed by atoms with van der Waals surface area (Å²) in [6.07, 6.45) is 1.93. The molecule has 0 radical (unpaired) electrons. The Kier molecular flexibility index (Phi) is 6.80. The lowest BCUT2D eigenvalue weighted by Crippen LogP contribution is -2.32. The van der Waals surface area contributed by atoms with Gasteiger partial charge in [0.2, 0.25) is 15.9 Å².